The van der Waals surface area contributed by atoms with Crippen molar-refractivity contribution < 1.29 is 23.5 Å². The summed E-state index contributed by atoms with van der Waals surface area (Å²) < 4.78 is 24.5. The van der Waals surface area contributed by atoms with Crippen molar-refractivity contribution in [2.24, 2.45) is 0 Å². The quantitative estimate of drug-likeness (QED) is 0.333. The van der Waals surface area contributed by atoms with E-state index in [0.717, 1.165) is 34.8 Å². The third-order valence-electron chi connectivity index (χ3n) is 6.76. The van der Waals surface area contributed by atoms with Crippen LogP contribution in [-0.2, 0) is 22.6 Å². The average molecular weight is 569 g/mol. The van der Waals surface area contributed by atoms with Crippen LogP contribution in [0.4, 0.5) is 14.9 Å². The second-order valence-electron chi connectivity index (χ2n) is 9.67. The Balaban J connectivity index is 1.49. The molecule has 0 atom stereocenters. The molecule has 4 rings (SSSR count). The van der Waals surface area contributed by atoms with Crippen molar-refractivity contribution in [2.45, 2.75) is 26.9 Å². The minimum absolute atomic E-state index is 0.0845. The number of urea groups is 1. The van der Waals surface area contributed by atoms with E-state index in [4.69, 9.17) is 9.47 Å². The van der Waals surface area contributed by atoms with Crippen LogP contribution in [0.25, 0.3) is 0 Å². The van der Waals surface area contributed by atoms with Crippen molar-refractivity contribution in [3.8, 4) is 5.75 Å². The zero-order valence-electron chi connectivity index (χ0n) is 23.1. The number of benzene rings is 2. The first-order chi connectivity index (χ1) is 19.4. The van der Waals surface area contributed by atoms with Crippen molar-refractivity contribution in [2.75, 3.05) is 57.9 Å². The molecule has 2 aromatic carbocycles. The minimum atomic E-state index is -0.347. The summed E-state index contributed by atoms with van der Waals surface area (Å²) in [4.78, 5) is 33.8. The van der Waals surface area contributed by atoms with Crippen LogP contribution < -0.4 is 10.1 Å². The molecule has 1 N–H and O–H groups in total. The molecule has 1 aliphatic heterocycles. The highest BCUT2D eigenvalue weighted by atomic mass is 32.1. The summed E-state index contributed by atoms with van der Waals surface area (Å²) >= 11 is 1.59. The van der Waals surface area contributed by atoms with E-state index in [-0.39, 0.29) is 24.3 Å². The zero-order valence-corrected chi connectivity index (χ0v) is 23.9. The van der Waals surface area contributed by atoms with Gasteiger partial charge in [-0.3, -0.25) is 9.69 Å². The third kappa shape index (κ3) is 8.77. The first-order valence-electron chi connectivity index (χ1n) is 13.6. The van der Waals surface area contributed by atoms with E-state index in [1.54, 1.807) is 57.5 Å². The van der Waals surface area contributed by atoms with Gasteiger partial charge < -0.3 is 24.6 Å². The normalized spacial score (nSPS) is 13.6. The topological polar surface area (TPSA) is 74.4 Å². The van der Waals surface area contributed by atoms with Crippen LogP contribution in [0.2, 0.25) is 0 Å². The van der Waals surface area contributed by atoms with Gasteiger partial charge in [0.1, 0.15) is 18.1 Å². The van der Waals surface area contributed by atoms with E-state index >= 15 is 0 Å². The smallest absolute Gasteiger partial charge is 0.322 e. The van der Waals surface area contributed by atoms with Crippen molar-refractivity contribution in [3.63, 3.8) is 0 Å². The van der Waals surface area contributed by atoms with Gasteiger partial charge in [0.15, 0.2) is 0 Å². The lowest BCUT2D eigenvalue weighted by Crippen LogP contribution is -2.48. The van der Waals surface area contributed by atoms with Crippen LogP contribution in [0.3, 0.4) is 0 Å². The summed E-state index contributed by atoms with van der Waals surface area (Å²) in [6, 6.07) is 15.0. The summed E-state index contributed by atoms with van der Waals surface area (Å²) in [5.74, 6) is 0.220. The van der Waals surface area contributed by atoms with Crippen LogP contribution in [0.1, 0.15) is 22.9 Å². The first kappa shape index (κ1) is 29.5. The molecule has 2 heterocycles. The Bertz CT molecular complexity index is 1230. The summed E-state index contributed by atoms with van der Waals surface area (Å²) in [7, 11) is 0. The number of ether oxygens (including phenoxy) is 2. The van der Waals surface area contributed by atoms with Crippen molar-refractivity contribution in [1.29, 1.82) is 0 Å². The van der Waals surface area contributed by atoms with E-state index in [0.29, 0.717) is 51.7 Å². The van der Waals surface area contributed by atoms with Crippen LogP contribution in [0, 0.1) is 12.7 Å². The molecule has 3 amide bonds. The van der Waals surface area contributed by atoms with Gasteiger partial charge in [-0.1, -0.05) is 12.1 Å². The molecule has 40 heavy (non-hydrogen) atoms. The second-order valence-corrected chi connectivity index (χ2v) is 10.7. The molecule has 0 spiro atoms. The van der Waals surface area contributed by atoms with Crippen molar-refractivity contribution in [3.05, 3.63) is 81.8 Å². The number of hydrogen-bond donors (Lipinski definition) is 1. The predicted molar refractivity (Wildman–Crippen MR) is 155 cm³/mol. The van der Waals surface area contributed by atoms with Gasteiger partial charge in [0.2, 0.25) is 5.91 Å². The number of amides is 3. The molecule has 10 heteroatoms. The number of morpholine rings is 1. The summed E-state index contributed by atoms with van der Waals surface area (Å²) in [5, 5.41) is 4.94. The molecule has 1 aromatic heterocycles. The molecular weight excluding hydrogens is 531 g/mol. The molecule has 1 fully saturated rings. The maximum Gasteiger partial charge on any atom is 0.322 e. The molecular formula is C30H37FN4O4S. The number of halogens is 1. The lowest BCUT2D eigenvalue weighted by atomic mass is 10.2. The third-order valence-corrected chi connectivity index (χ3v) is 7.77. The summed E-state index contributed by atoms with van der Waals surface area (Å²) in [5.41, 5.74) is 2.55. The Morgan fingerprint density at radius 2 is 1.75 bits per heavy atom. The van der Waals surface area contributed by atoms with Crippen LogP contribution >= 0.6 is 11.3 Å². The number of thiophene rings is 1. The molecule has 0 unspecified atom stereocenters. The number of aryl methyl sites for hydroxylation is 1. The monoisotopic (exact) mass is 568 g/mol. The van der Waals surface area contributed by atoms with Crippen LogP contribution in [0.15, 0.2) is 60.0 Å². The summed E-state index contributed by atoms with van der Waals surface area (Å²) in [6.07, 6.45) is 0. The maximum absolute atomic E-state index is 13.8. The van der Waals surface area contributed by atoms with E-state index in [2.05, 4.69) is 10.2 Å². The second kappa shape index (κ2) is 14.8. The molecule has 214 valence electrons. The Labute approximate surface area is 239 Å². The van der Waals surface area contributed by atoms with Gasteiger partial charge in [0, 0.05) is 43.3 Å². The highest BCUT2D eigenvalue weighted by molar-refractivity contribution is 7.10. The molecule has 1 saturated heterocycles. The van der Waals surface area contributed by atoms with Crippen molar-refractivity contribution >= 4 is 29.0 Å². The molecule has 0 saturated carbocycles. The number of nitrogens with one attached hydrogen (secondary N) is 1. The summed E-state index contributed by atoms with van der Waals surface area (Å²) in [6.45, 7) is 9.04. The molecule has 8 nitrogen and oxygen atoms in total. The molecule has 0 bridgehead atoms. The van der Waals surface area contributed by atoms with Crippen LogP contribution in [-0.4, -0.2) is 79.2 Å². The van der Waals surface area contributed by atoms with Gasteiger partial charge in [-0.15, -0.1) is 11.3 Å². The Kier molecular flexibility index (Phi) is 10.9. The van der Waals surface area contributed by atoms with Gasteiger partial charge in [-0.2, -0.15) is 0 Å². The number of hydrogen-bond acceptors (Lipinski definition) is 6. The van der Waals surface area contributed by atoms with Crippen LogP contribution in [0.5, 0.6) is 5.75 Å². The predicted octanol–water partition coefficient (Wildman–Crippen LogP) is 4.99. The van der Waals surface area contributed by atoms with Gasteiger partial charge in [-0.25, -0.2) is 9.18 Å². The molecule has 1 aliphatic rings. The SMILES string of the molecule is CCOc1ccc(NC(=O)N(CCN2CCOCC2)CC(=O)N(Cc2ccc(F)cc2)Cc2sccc2C)cc1. The molecule has 0 radical (unpaired) electrons. The fourth-order valence-corrected chi connectivity index (χ4v) is 5.31. The number of carbonyl (C=O) groups is 2. The number of anilines is 1. The molecule has 3 aromatic rings. The van der Waals surface area contributed by atoms with E-state index in [1.165, 1.54) is 12.1 Å². The number of carbonyl (C=O) groups excluding carboxylic acids is 2. The van der Waals surface area contributed by atoms with Gasteiger partial charge in [0.25, 0.3) is 0 Å². The number of rotatable bonds is 12. The Morgan fingerprint density at radius 3 is 2.40 bits per heavy atom. The fourth-order valence-electron chi connectivity index (χ4n) is 4.39. The maximum atomic E-state index is 13.8. The standard InChI is InChI=1S/C30H37FN4O4S/c1-3-39-27-10-8-26(9-11-27)32-30(37)34(14-13-33-15-17-38-18-16-33)22-29(36)35(21-28-23(2)12-19-40-28)20-24-4-6-25(31)7-5-24/h4-12,19H,3,13-18,20-22H2,1-2H3,(H,32,37). The Morgan fingerprint density at radius 1 is 1.02 bits per heavy atom. The minimum Gasteiger partial charge on any atom is -0.494 e. The lowest BCUT2D eigenvalue weighted by Gasteiger charge is -2.31. The van der Waals surface area contributed by atoms with E-state index < -0.39 is 0 Å². The number of nitrogens with zero attached hydrogens (tertiary/aromatic N) is 3. The van der Waals surface area contributed by atoms with Gasteiger partial charge in [0.05, 0.1) is 26.4 Å². The van der Waals surface area contributed by atoms with E-state index in [9.17, 15) is 14.0 Å². The first-order valence-corrected chi connectivity index (χ1v) is 14.4. The average Bonchev–Trinajstić information content (AvgIpc) is 3.37. The Hall–Kier alpha value is -3.47. The van der Waals surface area contributed by atoms with Gasteiger partial charge >= 0.3 is 6.03 Å². The highest BCUT2D eigenvalue weighted by Gasteiger charge is 2.24. The highest BCUT2D eigenvalue weighted by Crippen LogP contribution is 2.20. The van der Waals surface area contributed by atoms with E-state index in [1.807, 2.05) is 25.3 Å². The van der Waals surface area contributed by atoms with Gasteiger partial charge in [-0.05, 0) is 72.8 Å². The largest absolute Gasteiger partial charge is 0.494 e. The lowest BCUT2D eigenvalue weighted by molar-refractivity contribution is -0.133. The molecule has 0 aliphatic carbocycles. The van der Waals surface area contributed by atoms with Crippen molar-refractivity contribution in [1.82, 2.24) is 14.7 Å². The zero-order chi connectivity index (χ0) is 28.3. The fraction of sp³-hybridized carbons (Fsp3) is 0.400.